The van der Waals surface area contributed by atoms with Crippen LogP contribution in [0.15, 0.2) is 64.6 Å². The van der Waals surface area contributed by atoms with Crippen LogP contribution in [0.2, 0.25) is 0 Å². The number of furan rings is 1. The maximum atomic E-state index is 13.5. The van der Waals surface area contributed by atoms with Gasteiger partial charge in [0.15, 0.2) is 5.76 Å². The third-order valence-corrected chi connectivity index (χ3v) is 6.74. The quantitative estimate of drug-likeness (QED) is 0.453. The Balaban J connectivity index is 1.55. The van der Waals surface area contributed by atoms with Crippen molar-refractivity contribution in [2.45, 2.75) is 51.2 Å². The number of hydrogen-bond acceptors (Lipinski definition) is 4. The summed E-state index contributed by atoms with van der Waals surface area (Å²) in [6.07, 6.45) is 6.52. The van der Waals surface area contributed by atoms with Crippen LogP contribution in [0.1, 0.15) is 53.1 Å². The number of nitrogens with zero attached hydrogens (tertiary/aromatic N) is 2. The Labute approximate surface area is 191 Å². The van der Waals surface area contributed by atoms with Gasteiger partial charge in [0.1, 0.15) is 12.4 Å². The van der Waals surface area contributed by atoms with E-state index in [1.807, 2.05) is 17.5 Å². The molecule has 2 aromatic heterocycles. The first kappa shape index (κ1) is 22.3. The minimum atomic E-state index is -0.308. The molecule has 0 aliphatic heterocycles. The predicted molar refractivity (Wildman–Crippen MR) is 122 cm³/mol. The van der Waals surface area contributed by atoms with Gasteiger partial charge in [0, 0.05) is 17.5 Å². The number of hydrogen-bond donors (Lipinski definition) is 0. The molecule has 32 heavy (non-hydrogen) atoms. The molecular formula is C25H27FN2O3S. The van der Waals surface area contributed by atoms with Crippen LogP contribution in [0.4, 0.5) is 4.39 Å². The molecule has 1 aliphatic rings. The molecule has 168 valence electrons. The Kier molecular flexibility index (Phi) is 7.37. The van der Waals surface area contributed by atoms with Gasteiger partial charge in [-0.05, 0) is 54.1 Å². The van der Waals surface area contributed by atoms with Gasteiger partial charge in [0.25, 0.3) is 5.91 Å². The van der Waals surface area contributed by atoms with Gasteiger partial charge in [-0.15, -0.1) is 11.3 Å². The monoisotopic (exact) mass is 454 g/mol. The first-order valence-corrected chi connectivity index (χ1v) is 11.9. The van der Waals surface area contributed by atoms with E-state index in [1.165, 1.54) is 18.4 Å². The molecule has 1 saturated carbocycles. The highest BCUT2D eigenvalue weighted by atomic mass is 32.1. The Morgan fingerprint density at radius 1 is 1.00 bits per heavy atom. The predicted octanol–water partition coefficient (Wildman–Crippen LogP) is 5.48. The van der Waals surface area contributed by atoms with E-state index >= 15 is 0 Å². The van der Waals surface area contributed by atoms with Crippen molar-refractivity contribution in [2.24, 2.45) is 0 Å². The second-order valence-electron chi connectivity index (χ2n) is 8.16. The van der Waals surface area contributed by atoms with E-state index < -0.39 is 0 Å². The Bertz CT molecular complexity index is 997. The highest BCUT2D eigenvalue weighted by Crippen LogP contribution is 2.25. The summed E-state index contributed by atoms with van der Waals surface area (Å²) < 4.78 is 18.7. The van der Waals surface area contributed by atoms with Crippen LogP contribution >= 0.6 is 11.3 Å². The van der Waals surface area contributed by atoms with Gasteiger partial charge in [0.2, 0.25) is 5.91 Å². The smallest absolute Gasteiger partial charge is 0.290 e. The van der Waals surface area contributed by atoms with E-state index in [-0.39, 0.29) is 36.0 Å². The first-order chi connectivity index (χ1) is 15.6. The van der Waals surface area contributed by atoms with Gasteiger partial charge in [-0.3, -0.25) is 9.59 Å². The SMILES string of the molecule is O=C(CN(C(=O)c1ccco1)C1CCCCC1)N(Cc1ccc(F)cc1)Cc1cccs1. The fourth-order valence-corrected chi connectivity index (χ4v) is 4.90. The number of carbonyl (C=O) groups is 2. The van der Waals surface area contributed by atoms with E-state index in [2.05, 4.69) is 0 Å². The largest absolute Gasteiger partial charge is 0.459 e. The molecule has 0 N–H and O–H groups in total. The third-order valence-electron chi connectivity index (χ3n) is 5.88. The molecule has 1 aromatic carbocycles. The van der Waals surface area contributed by atoms with Gasteiger partial charge < -0.3 is 14.2 Å². The molecule has 5 nitrogen and oxygen atoms in total. The fourth-order valence-electron chi connectivity index (χ4n) is 4.18. The van der Waals surface area contributed by atoms with Crippen molar-refractivity contribution < 1.29 is 18.4 Å². The fraction of sp³-hybridized carbons (Fsp3) is 0.360. The minimum Gasteiger partial charge on any atom is -0.459 e. The lowest BCUT2D eigenvalue weighted by Crippen LogP contribution is -2.47. The zero-order chi connectivity index (χ0) is 22.3. The molecule has 0 saturated heterocycles. The molecular weight excluding hydrogens is 427 g/mol. The van der Waals surface area contributed by atoms with E-state index in [0.29, 0.717) is 13.1 Å². The van der Waals surface area contributed by atoms with Crippen molar-refractivity contribution in [1.29, 1.82) is 0 Å². The summed E-state index contributed by atoms with van der Waals surface area (Å²) >= 11 is 1.58. The molecule has 4 rings (SSSR count). The summed E-state index contributed by atoms with van der Waals surface area (Å²) in [5.74, 6) is -0.426. The number of carbonyl (C=O) groups excluding carboxylic acids is 2. The summed E-state index contributed by atoms with van der Waals surface area (Å²) in [6.45, 7) is 0.794. The van der Waals surface area contributed by atoms with Crippen LogP contribution in [-0.2, 0) is 17.9 Å². The third kappa shape index (κ3) is 5.65. The highest BCUT2D eigenvalue weighted by Gasteiger charge is 2.31. The number of halogens is 1. The Hall–Kier alpha value is -2.93. The zero-order valence-corrected chi connectivity index (χ0v) is 18.7. The standard InChI is InChI=1S/C25H27FN2O3S/c26-20-12-10-19(11-13-20)16-27(17-22-8-5-15-32-22)24(29)18-28(21-6-2-1-3-7-21)25(30)23-9-4-14-31-23/h4-5,8-15,21H,1-3,6-7,16-18H2. The van der Waals surface area contributed by atoms with Gasteiger partial charge in [0.05, 0.1) is 12.8 Å². The average Bonchev–Trinajstić information content (AvgIpc) is 3.53. The topological polar surface area (TPSA) is 53.8 Å². The average molecular weight is 455 g/mol. The van der Waals surface area contributed by atoms with Crippen molar-refractivity contribution >= 4 is 23.2 Å². The lowest BCUT2D eigenvalue weighted by Gasteiger charge is -2.35. The lowest BCUT2D eigenvalue weighted by molar-refractivity contribution is -0.133. The van der Waals surface area contributed by atoms with Crippen LogP contribution in [-0.4, -0.2) is 34.2 Å². The molecule has 0 unspecified atom stereocenters. The molecule has 0 spiro atoms. The van der Waals surface area contributed by atoms with Crippen molar-refractivity contribution in [3.05, 3.63) is 82.2 Å². The van der Waals surface area contributed by atoms with Crippen molar-refractivity contribution in [3.8, 4) is 0 Å². The number of amides is 2. The normalized spacial score (nSPS) is 14.3. The maximum Gasteiger partial charge on any atom is 0.290 e. The van der Waals surface area contributed by atoms with Gasteiger partial charge in [-0.1, -0.05) is 37.5 Å². The van der Waals surface area contributed by atoms with Crippen LogP contribution in [0.3, 0.4) is 0 Å². The van der Waals surface area contributed by atoms with E-state index in [9.17, 15) is 14.0 Å². The summed E-state index contributed by atoms with van der Waals surface area (Å²) in [4.78, 5) is 31.2. The maximum absolute atomic E-state index is 13.5. The number of benzene rings is 1. The Morgan fingerprint density at radius 2 is 1.78 bits per heavy atom. The summed E-state index contributed by atoms with van der Waals surface area (Å²) in [5.41, 5.74) is 0.845. The summed E-state index contributed by atoms with van der Waals surface area (Å²) in [6, 6.07) is 13.5. The highest BCUT2D eigenvalue weighted by molar-refractivity contribution is 7.09. The summed E-state index contributed by atoms with van der Waals surface area (Å²) in [7, 11) is 0. The molecule has 1 fully saturated rings. The van der Waals surface area contributed by atoms with Crippen molar-refractivity contribution in [2.75, 3.05) is 6.54 Å². The van der Waals surface area contributed by atoms with Crippen molar-refractivity contribution in [3.63, 3.8) is 0 Å². The molecule has 3 aromatic rings. The minimum absolute atomic E-state index is 0.00320. The van der Waals surface area contributed by atoms with E-state index in [0.717, 1.165) is 42.5 Å². The molecule has 2 amide bonds. The second kappa shape index (κ2) is 10.6. The number of thiophene rings is 1. The number of rotatable bonds is 8. The van der Waals surface area contributed by atoms with Crippen LogP contribution in [0.25, 0.3) is 0 Å². The zero-order valence-electron chi connectivity index (χ0n) is 17.9. The van der Waals surface area contributed by atoms with Crippen LogP contribution in [0.5, 0.6) is 0 Å². The van der Waals surface area contributed by atoms with Crippen LogP contribution < -0.4 is 0 Å². The van der Waals surface area contributed by atoms with Gasteiger partial charge >= 0.3 is 0 Å². The molecule has 0 radical (unpaired) electrons. The molecule has 1 aliphatic carbocycles. The molecule has 7 heteroatoms. The second-order valence-corrected chi connectivity index (χ2v) is 9.19. The van der Waals surface area contributed by atoms with Crippen molar-refractivity contribution in [1.82, 2.24) is 9.80 Å². The lowest BCUT2D eigenvalue weighted by atomic mass is 9.94. The first-order valence-electron chi connectivity index (χ1n) is 11.0. The van der Waals surface area contributed by atoms with Crippen LogP contribution in [0, 0.1) is 5.82 Å². The van der Waals surface area contributed by atoms with E-state index in [1.54, 1.807) is 45.4 Å². The van der Waals surface area contributed by atoms with Gasteiger partial charge in [-0.25, -0.2) is 4.39 Å². The molecule has 0 atom stereocenters. The molecule has 0 bridgehead atoms. The van der Waals surface area contributed by atoms with Gasteiger partial charge in [-0.2, -0.15) is 0 Å². The Morgan fingerprint density at radius 3 is 2.44 bits per heavy atom. The summed E-state index contributed by atoms with van der Waals surface area (Å²) in [5, 5.41) is 1.98. The van der Waals surface area contributed by atoms with E-state index in [4.69, 9.17) is 4.42 Å². The molecule has 2 heterocycles.